The third-order valence-corrected chi connectivity index (χ3v) is 8.06. The summed E-state index contributed by atoms with van der Waals surface area (Å²) < 4.78 is 11.6. The summed E-state index contributed by atoms with van der Waals surface area (Å²) in [6.07, 6.45) is 1.79. The van der Waals surface area contributed by atoms with Gasteiger partial charge in [-0.05, 0) is 24.6 Å². The Morgan fingerprint density at radius 3 is 2.58 bits per heavy atom. The van der Waals surface area contributed by atoms with E-state index in [2.05, 4.69) is 15.6 Å². The number of nitrogens with zero attached hydrogens (tertiary/aromatic N) is 2. The number of rotatable bonds is 8. The second-order valence-corrected chi connectivity index (χ2v) is 10.7. The standard InChI is InChI=1S/C28H30N6O5S/c1-17(23-11-20(15-40-23)25(29)30)33-27(37)22-12-28(38-9-10-39-28)16-34(22)24(35)14-32-26(36)21-8-7-19(13-31-21)18-5-3-2-4-6-18/h2-8,11,13,15,17,22H,9-10,12,14,16H2,1H3,(H3,29,30)(H,32,36)(H,33,37)/t17-,22+/m1/s1. The van der Waals surface area contributed by atoms with Crippen LogP contribution in [0.1, 0.15) is 40.3 Å². The van der Waals surface area contributed by atoms with Crippen molar-refractivity contribution in [2.45, 2.75) is 31.2 Å². The quantitative estimate of drug-likeness (QED) is 0.241. The number of likely N-dealkylation sites (tertiary alicyclic amines) is 1. The lowest BCUT2D eigenvalue weighted by Gasteiger charge is -2.25. The first-order valence-electron chi connectivity index (χ1n) is 12.8. The number of amidine groups is 1. The van der Waals surface area contributed by atoms with Gasteiger partial charge in [0, 0.05) is 34.0 Å². The van der Waals surface area contributed by atoms with E-state index in [1.165, 1.54) is 16.2 Å². The molecule has 3 aromatic rings. The van der Waals surface area contributed by atoms with Crippen molar-refractivity contribution in [2.24, 2.45) is 5.73 Å². The van der Waals surface area contributed by atoms with Gasteiger partial charge in [0.2, 0.25) is 11.8 Å². The first-order valence-corrected chi connectivity index (χ1v) is 13.7. The maximum absolute atomic E-state index is 13.4. The van der Waals surface area contributed by atoms with E-state index >= 15 is 0 Å². The summed E-state index contributed by atoms with van der Waals surface area (Å²) >= 11 is 1.39. The largest absolute Gasteiger partial charge is 0.384 e. The van der Waals surface area contributed by atoms with Crippen molar-refractivity contribution in [2.75, 3.05) is 26.3 Å². The number of carbonyl (C=O) groups is 3. The van der Waals surface area contributed by atoms with Crippen molar-refractivity contribution in [1.29, 1.82) is 5.41 Å². The summed E-state index contributed by atoms with van der Waals surface area (Å²) in [4.78, 5) is 45.8. The summed E-state index contributed by atoms with van der Waals surface area (Å²) in [5, 5.41) is 14.9. The number of carbonyl (C=O) groups excluding carboxylic acids is 3. The van der Waals surface area contributed by atoms with E-state index in [1.54, 1.807) is 29.8 Å². The van der Waals surface area contributed by atoms with Crippen molar-refractivity contribution in [3.8, 4) is 11.1 Å². The van der Waals surface area contributed by atoms with Gasteiger partial charge in [-0.2, -0.15) is 0 Å². The first-order chi connectivity index (χ1) is 19.2. The Hall–Kier alpha value is -4.13. The SMILES string of the molecule is C[C@@H](NC(=O)[C@@H]1CC2(CN1C(=O)CNC(=O)c1ccc(-c3ccccc3)cn1)OCCO2)c1cc(C(=N)N)cs1. The number of ether oxygens (including phenoxy) is 2. The molecule has 1 aromatic carbocycles. The topological polar surface area (TPSA) is 160 Å². The molecule has 1 spiro atoms. The summed E-state index contributed by atoms with van der Waals surface area (Å²) in [5.41, 5.74) is 8.18. The minimum Gasteiger partial charge on any atom is -0.384 e. The average Bonchev–Trinajstić information content (AvgIpc) is 3.73. The fraction of sp³-hybridized carbons (Fsp3) is 0.321. The third-order valence-electron chi connectivity index (χ3n) is 6.95. The number of nitrogens with one attached hydrogen (secondary N) is 3. The van der Waals surface area contributed by atoms with Crippen LogP contribution in [0.15, 0.2) is 60.1 Å². The van der Waals surface area contributed by atoms with Gasteiger partial charge in [0.15, 0.2) is 5.79 Å². The highest BCUT2D eigenvalue weighted by atomic mass is 32.1. The highest BCUT2D eigenvalue weighted by Gasteiger charge is 2.52. The number of thiophene rings is 1. The van der Waals surface area contributed by atoms with Gasteiger partial charge in [0.25, 0.3) is 5.91 Å². The molecule has 2 fully saturated rings. The first kappa shape index (κ1) is 27.4. The van der Waals surface area contributed by atoms with Crippen LogP contribution in [0.4, 0.5) is 0 Å². The molecule has 0 bridgehead atoms. The number of hydrogen-bond donors (Lipinski definition) is 4. The van der Waals surface area contributed by atoms with Crippen molar-refractivity contribution in [1.82, 2.24) is 20.5 Å². The number of hydrogen-bond acceptors (Lipinski definition) is 8. The number of nitrogens with two attached hydrogens (primary N) is 1. The van der Waals surface area contributed by atoms with Crippen LogP contribution in [0.5, 0.6) is 0 Å². The number of pyridine rings is 1. The average molecular weight is 563 g/mol. The molecule has 2 aliphatic heterocycles. The van der Waals surface area contributed by atoms with E-state index in [1.807, 2.05) is 37.3 Å². The maximum Gasteiger partial charge on any atom is 0.270 e. The molecule has 3 amide bonds. The molecule has 0 unspecified atom stereocenters. The normalized spacial score (nSPS) is 18.4. The smallest absolute Gasteiger partial charge is 0.270 e. The molecule has 0 aliphatic carbocycles. The highest BCUT2D eigenvalue weighted by Crippen LogP contribution is 2.35. The van der Waals surface area contributed by atoms with Crippen LogP contribution >= 0.6 is 11.3 Å². The van der Waals surface area contributed by atoms with E-state index in [4.69, 9.17) is 20.6 Å². The molecule has 2 aliphatic rings. The molecule has 12 heteroatoms. The van der Waals surface area contributed by atoms with Crippen LogP contribution in [-0.4, -0.2) is 71.6 Å². The molecule has 5 N–H and O–H groups in total. The van der Waals surface area contributed by atoms with Gasteiger partial charge in [-0.3, -0.25) is 24.8 Å². The molecular formula is C28H30N6O5S. The maximum atomic E-state index is 13.4. The second-order valence-electron chi connectivity index (χ2n) is 9.71. The molecule has 0 radical (unpaired) electrons. The molecular weight excluding hydrogens is 532 g/mol. The van der Waals surface area contributed by atoms with Gasteiger partial charge in [-0.15, -0.1) is 11.3 Å². The highest BCUT2D eigenvalue weighted by molar-refractivity contribution is 7.10. The van der Waals surface area contributed by atoms with Gasteiger partial charge in [-0.25, -0.2) is 0 Å². The summed E-state index contributed by atoms with van der Waals surface area (Å²) in [7, 11) is 0. The molecule has 5 rings (SSSR count). The third kappa shape index (κ3) is 5.88. The van der Waals surface area contributed by atoms with Gasteiger partial charge in [0.1, 0.15) is 17.6 Å². The van der Waals surface area contributed by atoms with Gasteiger partial charge < -0.3 is 30.7 Å². The molecule has 40 heavy (non-hydrogen) atoms. The van der Waals surface area contributed by atoms with Gasteiger partial charge >= 0.3 is 0 Å². The molecule has 2 atom stereocenters. The van der Waals surface area contributed by atoms with E-state index < -0.39 is 23.6 Å². The predicted octanol–water partition coefficient (Wildman–Crippen LogP) is 2.05. The predicted molar refractivity (Wildman–Crippen MR) is 149 cm³/mol. The lowest BCUT2D eigenvalue weighted by molar-refractivity contribution is -0.152. The summed E-state index contributed by atoms with van der Waals surface area (Å²) in [6.45, 7) is 2.33. The Labute approximate surface area is 235 Å². The van der Waals surface area contributed by atoms with Crippen LogP contribution in [-0.2, 0) is 19.1 Å². The van der Waals surface area contributed by atoms with E-state index in [0.717, 1.165) is 16.0 Å². The summed E-state index contributed by atoms with van der Waals surface area (Å²) in [5.74, 6) is -2.39. The molecule has 11 nitrogen and oxygen atoms in total. The van der Waals surface area contributed by atoms with Crippen molar-refractivity contribution >= 4 is 34.9 Å². The number of benzene rings is 1. The van der Waals surface area contributed by atoms with Crippen LogP contribution in [0.3, 0.4) is 0 Å². The van der Waals surface area contributed by atoms with Crippen LogP contribution in [0, 0.1) is 5.41 Å². The van der Waals surface area contributed by atoms with Crippen molar-refractivity contribution in [3.05, 3.63) is 76.2 Å². The lowest BCUT2D eigenvalue weighted by atomic mass is 10.1. The number of nitrogen functional groups attached to an aromatic ring is 1. The molecule has 208 valence electrons. The van der Waals surface area contributed by atoms with E-state index in [9.17, 15) is 14.4 Å². The minimum absolute atomic E-state index is 0.0459. The fourth-order valence-electron chi connectivity index (χ4n) is 4.82. The Morgan fingerprint density at radius 1 is 1.18 bits per heavy atom. The van der Waals surface area contributed by atoms with E-state index in [0.29, 0.717) is 18.8 Å². The number of aromatic nitrogens is 1. The van der Waals surface area contributed by atoms with Crippen molar-refractivity contribution < 1.29 is 23.9 Å². The van der Waals surface area contributed by atoms with Crippen LogP contribution < -0.4 is 16.4 Å². The Bertz CT molecular complexity index is 1400. The Balaban J connectivity index is 1.23. The lowest BCUT2D eigenvalue weighted by Crippen LogP contribution is -2.49. The van der Waals surface area contributed by atoms with Crippen molar-refractivity contribution in [3.63, 3.8) is 0 Å². The monoisotopic (exact) mass is 562 g/mol. The zero-order valence-electron chi connectivity index (χ0n) is 21.9. The fourth-order valence-corrected chi connectivity index (χ4v) is 5.74. The van der Waals surface area contributed by atoms with Gasteiger partial charge in [-0.1, -0.05) is 36.4 Å². The van der Waals surface area contributed by atoms with Crippen LogP contribution in [0.2, 0.25) is 0 Å². The van der Waals surface area contributed by atoms with Crippen LogP contribution in [0.25, 0.3) is 11.1 Å². The Morgan fingerprint density at radius 2 is 1.93 bits per heavy atom. The minimum atomic E-state index is -1.05. The molecule has 2 saturated heterocycles. The zero-order chi connectivity index (χ0) is 28.3. The second kappa shape index (κ2) is 11.5. The Kier molecular flexibility index (Phi) is 7.92. The zero-order valence-corrected chi connectivity index (χ0v) is 22.7. The molecule has 2 aromatic heterocycles. The molecule has 4 heterocycles. The van der Waals surface area contributed by atoms with Gasteiger partial charge in [0.05, 0.1) is 32.3 Å². The van der Waals surface area contributed by atoms with E-state index in [-0.39, 0.29) is 43.0 Å². The summed E-state index contributed by atoms with van der Waals surface area (Å²) in [6, 6.07) is 13.6. The molecule has 0 saturated carbocycles. The number of amides is 3.